The molecule has 0 spiro atoms. The summed E-state index contributed by atoms with van der Waals surface area (Å²) in [6, 6.07) is 2.01. The third-order valence-electron chi connectivity index (χ3n) is 4.95. The van der Waals surface area contributed by atoms with Gasteiger partial charge in [-0.3, -0.25) is 4.79 Å². The minimum absolute atomic E-state index is 0.0402. The molecule has 2 N–H and O–H groups in total. The number of piperidine rings is 1. The smallest absolute Gasteiger partial charge is 0.241 e. The third-order valence-corrected chi connectivity index (χ3v) is 4.95. The molecule has 1 heterocycles. The third kappa shape index (κ3) is 1.91. The van der Waals surface area contributed by atoms with E-state index in [-0.39, 0.29) is 18.0 Å². The Hall–Kier alpha value is -1.08. The van der Waals surface area contributed by atoms with Crippen LogP contribution in [0.5, 0.6) is 0 Å². The number of carbonyl (C=O) groups is 1. The average Bonchev–Trinajstić information content (AvgIpc) is 3.09. The molecule has 1 saturated heterocycles. The molecule has 18 heavy (non-hydrogen) atoms. The molecule has 3 aliphatic rings. The first-order valence-corrected chi connectivity index (χ1v) is 7.19. The van der Waals surface area contributed by atoms with E-state index in [9.17, 15) is 4.79 Å². The van der Waals surface area contributed by atoms with Crippen molar-refractivity contribution in [3.63, 3.8) is 0 Å². The lowest BCUT2D eigenvalue weighted by molar-refractivity contribution is -0.135. The maximum atomic E-state index is 12.5. The Morgan fingerprint density at radius 2 is 2.00 bits per heavy atom. The van der Waals surface area contributed by atoms with Gasteiger partial charge in [0.2, 0.25) is 5.91 Å². The second-order valence-corrected chi connectivity index (χ2v) is 6.11. The standard InChI is InChI=1S/C14H21N3O/c15-8-11-6-10-7-12(10)17(11)14(18)13(16)9-4-2-1-3-5-9/h9-13H,1-7,16H2/t10-,11+,12+,13?/m1/s1. The van der Waals surface area contributed by atoms with E-state index in [4.69, 9.17) is 11.0 Å². The van der Waals surface area contributed by atoms with E-state index >= 15 is 0 Å². The Labute approximate surface area is 108 Å². The molecule has 1 aliphatic heterocycles. The van der Waals surface area contributed by atoms with Crippen molar-refractivity contribution >= 4 is 5.91 Å². The fourth-order valence-corrected chi connectivity index (χ4v) is 3.76. The van der Waals surface area contributed by atoms with Crippen molar-refractivity contribution in [2.45, 2.75) is 63.1 Å². The number of hydrogen-bond donors (Lipinski definition) is 1. The highest BCUT2D eigenvalue weighted by molar-refractivity contribution is 5.83. The minimum atomic E-state index is -0.375. The van der Waals surface area contributed by atoms with Crippen molar-refractivity contribution in [1.82, 2.24) is 4.90 Å². The SMILES string of the molecule is N#C[C@@H]1C[C@@H]2C[C@@H]2N1C(=O)C(N)C1CCCCC1. The average molecular weight is 247 g/mol. The maximum absolute atomic E-state index is 12.5. The van der Waals surface area contributed by atoms with Crippen LogP contribution in [0.15, 0.2) is 0 Å². The first-order valence-electron chi connectivity index (χ1n) is 7.19. The molecule has 0 aromatic carbocycles. The fourth-order valence-electron chi connectivity index (χ4n) is 3.76. The van der Waals surface area contributed by atoms with Crippen LogP contribution < -0.4 is 5.73 Å². The van der Waals surface area contributed by atoms with Crippen LogP contribution in [0.2, 0.25) is 0 Å². The lowest BCUT2D eigenvalue weighted by Gasteiger charge is -2.31. The van der Waals surface area contributed by atoms with Gasteiger partial charge in [0.05, 0.1) is 12.1 Å². The number of rotatable bonds is 2. The molecule has 98 valence electrons. The van der Waals surface area contributed by atoms with Crippen LogP contribution in [0.25, 0.3) is 0 Å². The van der Waals surface area contributed by atoms with E-state index in [0.29, 0.717) is 17.9 Å². The molecule has 2 saturated carbocycles. The number of nitrogens with zero attached hydrogens (tertiary/aromatic N) is 2. The molecule has 2 aliphatic carbocycles. The van der Waals surface area contributed by atoms with Crippen molar-refractivity contribution in [2.75, 3.05) is 0 Å². The van der Waals surface area contributed by atoms with E-state index in [0.717, 1.165) is 25.7 Å². The van der Waals surface area contributed by atoms with Crippen molar-refractivity contribution in [3.05, 3.63) is 0 Å². The highest BCUT2D eigenvalue weighted by atomic mass is 16.2. The summed E-state index contributed by atoms with van der Waals surface area (Å²) in [6.07, 6.45) is 7.76. The number of hydrogen-bond acceptors (Lipinski definition) is 3. The van der Waals surface area contributed by atoms with Crippen LogP contribution in [0.1, 0.15) is 44.9 Å². The van der Waals surface area contributed by atoms with Gasteiger partial charge >= 0.3 is 0 Å². The van der Waals surface area contributed by atoms with Crippen LogP contribution in [-0.2, 0) is 4.79 Å². The van der Waals surface area contributed by atoms with E-state index in [1.54, 1.807) is 0 Å². The number of likely N-dealkylation sites (tertiary alicyclic amines) is 1. The van der Waals surface area contributed by atoms with Crippen LogP contribution in [-0.4, -0.2) is 28.9 Å². The van der Waals surface area contributed by atoms with Gasteiger partial charge < -0.3 is 10.6 Å². The Balaban J connectivity index is 1.68. The van der Waals surface area contributed by atoms with Crippen LogP contribution in [0, 0.1) is 23.2 Å². The first-order chi connectivity index (χ1) is 8.72. The normalized spacial score (nSPS) is 36.9. The predicted molar refractivity (Wildman–Crippen MR) is 67.3 cm³/mol. The van der Waals surface area contributed by atoms with E-state index in [2.05, 4.69) is 6.07 Å². The highest BCUT2D eigenvalue weighted by Gasteiger charge is 2.55. The summed E-state index contributed by atoms with van der Waals surface area (Å²) >= 11 is 0. The van der Waals surface area contributed by atoms with Crippen molar-refractivity contribution in [2.24, 2.45) is 17.6 Å². The van der Waals surface area contributed by atoms with Gasteiger partial charge in [-0.05, 0) is 37.5 Å². The summed E-state index contributed by atoms with van der Waals surface area (Å²) in [4.78, 5) is 14.3. The Bertz CT molecular complexity index is 383. The zero-order valence-electron chi connectivity index (χ0n) is 10.7. The number of carbonyl (C=O) groups excluding carboxylic acids is 1. The number of amides is 1. The zero-order chi connectivity index (χ0) is 12.7. The second kappa shape index (κ2) is 4.55. The molecule has 1 amide bonds. The van der Waals surface area contributed by atoms with E-state index in [1.807, 2.05) is 4.90 Å². The molecule has 4 atom stereocenters. The first kappa shape index (κ1) is 12.0. The number of fused-ring (bicyclic) bond motifs is 1. The molecule has 3 fully saturated rings. The number of nitriles is 1. The van der Waals surface area contributed by atoms with Gasteiger partial charge in [0, 0.05) is 6.04 Å². The van der Waals surface area contributed by atoms with E-state index in [1.165, 1.54) is 19.3 Å². The minimum Gasteiger partial charge on any atom is -0.322 e. The number of nitrogens with two attached hydrogens (primary N) is 1. The molecular weight excluding hydrogens is 226 g/mol. The molecule has 0 bridgehead atoms. The van der Waals surface area contributed by atoms with Gasteiger partial charge in [-0.1, -0.05) is 19.3 Å². The molecule has 0 aromatic rings. The quantitative estimate of drug-likeness (QED) is 0.802. The van der Waals surface area contributed by atoms with E-state index < -0.39 is 0 Å². The van der Waals surface area contributed by atoms with Crippen LogP contribution in [0.4, 0.5) is 0 Å². The zero-order valence-corrected chi connectivity index (χ0v) is 10.7. The molecule has 0 radical (unpaired) electrons. The molecule has 4 nitrogen and oxygen atoms in total. The second-order valence-electron chi connectivity index (χ2n) is 6.11. The van der Waals surface area contributed by atoms with Crippen LogP contribution >= 0.6 is 0 Å². The summed E-state index contributed by atoms with van der Waals surface area (Å²) in [7, 11) is 0. The summed E-state index contributed by atoms with van der Waals surface area (Å²) < 4.78 is 0. The molecule has 4 heteroatoms. The maximum Gasteiger partial charge on any atom is 0.241 e. The summed E-state index contributed by atoms with van der Waals surface area (Å²) in [6.45, 7) is 0. The molecule has 3 rings (SSSR count). The summed E-state index contributed by atoms with van der Waals surface area (Å²) in [5.74, 6) is 0.957. The Morgan fingerprint density at radius 3 is 2.67 bits per heavy atom. The fraction of sp³-hybridized carbons (Fsp3) is 0.857. The monoisotopic (exact) mass is 247 g/mol. The van der Waals surface area contributed by atoms with Crippen LogP contribution in [0.3, 0.4) is 0 Å². The largest absolute Gasteiger partial charge is 0.322 e. The van der Waals surface area contributed by atoms with Crippen molar-refractivity contribution in [1.29, 1.82) is 5.26 Å². The van der Waals surface area contributed by atoms with Gasteiger partial charge in [0.15, 0.2) is 0 Å². The van der Waals surface area contributed by atoms with Gasteiger partial charge in [-0.2, -0.15) is 5.26 Å². The van der Waals surface area contributed by atoms with Crippen molar-refractivity contribution < 1.29 is 4.79 Å². The highest BCUT2D eigenvalue weighted by Crippen LogP contribution is 2.48. The molecule has 1 unspecified atom stereocenters. The topological polar surface area (TPSA) is 70.1 Å². The molecular formula is C14H21N3O. The predicted octanol–water partition coefficient (Wildman–Crippen LogP) is 1.41. The van der Waals surface area contributed by atoms with Gasteiger partial charge in [-0.25, -0.2) is 0 Å². The Kier molecular flexibility index (Phi) is 3.03. The van der Waals surface area contributed by atoms with Gasteiger partial charge in [0.25, 0.3) is 0 Å². The molecule has 0 aromatic heterocycles. The van der Waals surface area contributed by atoms with Gasteiger partial charge in [0.1, 0.15) is 6.04 Å². The summed E-state index contributed by atoms with van der Waals surface area (Å²) in [5.41, 5.74) is 6.17. The summed E-state index contributed by atoms with van der Waals surface area (Å²) in [5, 5.41) is 9.13. The van der Waals surface area contributed by atoms with Crippen molar-refractivity contribution in [3.8, 4) is 6.07 Å². The lowest BCUT2D eigenvalue weighted by atomic mass is 9.83. The Morgan fingerprint density at radius 1 is 1.28 bits per heavy atom. The van der Waals surface area contributed by atoms with Gasteiger partial charge in [-0.15, -0.1) is 0 Å². The lowest BCUT2D eigenvalue weighted by Crippen LogP contribution is -2.50.